The van der Waals surface area contributed by atoms with Gasteiger partial charge in [-0.2, -0.15) is 0 Å². The molecule has 0 aliphatic carbocycles. The van der Waals surface area contributed by atoms with Crippen molar-refractivity contribution in [3.8, 4) is 10.4 Å². The zero-order valence-corrected chi connectivity index (χ0v) is 21.4. The number of fused-ring (bicyclic) bond motifs is 1. The van der Waals surface area contributed by atoms with Crippen molar-refractivity contribution in [3.05, 3.63) is 59.8 Å². The molecular weight excluding hydrogens is 484 g/mol. The molecular formula is C25H28N4O4S2. The first kappa shape index (κ1) is 23.9. The molecule has 35 heavy (non-hydrogen) atoms. The fourth-order valence-electron chi connectivity index (χ4n) is 4.81. The molecule has 1 unspecified atom stereocenters. The number of morpholine rings is 1. The first-order chi connectivity index (χ1) is 16.8. The van der Waals surface area contributed by atoms with Gasteiger partial charge in [-0.1, -0.05) is 35.6 Å². The Balaban J connectivity index is 1.59. The normalized spacial score (nSPS) is 18.8. The Morgan fingerprint density at radius 1 is 1.11 bits per heavy atom. The fraction of sp³-hybridized carbons (Fsp3) is 0.360. The Morgan fingerprint density at radius 2 is 1.86 bits per heavy atom. The van der Waals surface area contributed by atoms with Gasteiger partial charge in [-0.15, -0.1) is 0 Å². The zero-order valence-electron chi connectivity index (χ0n) is 19.7. The molecule has 2 aliphatic heterocycles. The number of sulfonamides is 1. The second-order valence-electron chi connectivity index (χ2n) is 8.73. The lowest BCUT2D eigenvalue weighted by Crippen LogP contribution is -2.44. The number of rotatable bonds is 5. The minimum Gasteiger partial charge on any atom is -0.379 e. The molecule has 0 saturated carbocycles. The summed E-state index contributed by atoms with van der Waals surface area (Å²) in [6, 6.07) is 14.6. The summed E-state index contributed by atoms with van der Waals surface area (Å²) in [6.45, 7) is 6.76. The number of aromatic nitrogens is 1. The molecule has 5 rings (SSSR count). The van der Waals surface area contributed by atoms with Crippen molar-refractivity contribution in [3.63, 3.8) is 0 Å². The fourth-order valence-corrected chi connectivity index (χ4v) is 7.35. The number of carbonyl (C=O) groups is 1. The van der Waals surface area contributed by atoms with Crippen molar-refractivity contribution in [2.75, 3.05) is 42.5 Å². The van der Waals surface area contributed by atoms with E-state index < -0.39 is 10.0 Å². The van der Waals surface area contributed by atoms with Crippen LogP contribution < -0.4 is 9.62 Å². The molecule has 0 spiro atoms. The highest BCUT2D eigenvalue weighted by Crippen LogP contribution is 2.43. The molecule has 1 aromatic heterocycles. The average Bonchev–Trinajstić information content (AvgIpc) is 3.23. The Labute approximate surface area is 209 Å². The van der Waals surface area contributed by atoms with Crippen LogP contribution in [0.2, 0.25) is 0 Å². The molecule has 2 aromatic carbocycles. The quantitative estimate of drug-likeness (QED) is 0.555. The monoisotopic (exact) mass is 512 g/mol. The Hall–Kier alpha value is -2.79. The third-order valence-electron chi connectivity index (χ3n) is 6.42. The highest BCUT2D eigenvalue weighted by Gasteiger charge is 2.36. The lowest BCUT2D eigenvalue weighted by molar-refractivity contribution is -0.114. The van der Waals surface area contributed by atoms with Crippen molar-refractivity contribution < 1.29 is 17.9 Å². The largest absolute Gasteiger partial charge is 0.379 e. The molecule has 8 nitrogen and oxygen atoms in total. The molecule has 3 aromatic rings. The Bertz CT molecular complexity index is 1330. The number of nitrogens with one attached hydrogen (secondary N) is 1. The summed E-state index contributed by atoms with van der Waals surface area (Å²) in [6.07, 6.45) is 0.696. The van der Waals surface area contributed by atoms with E-state index in [1.165, 1.54) is 18.3 Å². The summed E-state index contributed by atoms with van der Waals surface area (Å²) >= 11 is 1.42. The lowest BCUT2D eigenvalue weighted by Gasteiger charge is -2.41. The van der Waals surface area contributed by atoms with E-state index in [4.69, 9.17) is 4.74 Å². The number of amides is 1. The summed E-state index contributed by atoms with van der Waals surface area (Å²) in [5.74, 6) is -0.162. The van der Waals surface area contributed by atoms with Gasteiger partial charge in [0.2, 0.25) is 5.91 Å². The van der Waals surface area contributed by atoms with Crippen molar-refractivity contribution >= 4 is 38.1 Å². The maximum absolute atomic E-state index is 13.6. The van der Waals surface area contributed by atoms with Crippen LogP contribution in [-0.4, -0.2) is 57.1 Å². The second kappa shape index (κ2) is 9.69. The van der Waals surface area contributed by atoms with Crippen molar-refractivity contribution in [1.29, 1.82) is 0 Å². The zero-order chi connectivity index (χ0) is 24.6. The van der Waals surface area contributed by atoms with Crippen LogP contribution in [0, 0.1) is 6.92 Å². The number of hydrogen-bond acceptors (Lipinski definition) is 7. The van der Waals surface area contributed by atoms with Crippen LogP contribution in [0.5, 0.6) is 0 Å². The highest BCUT2D eigenvalue weighted by molar-refractivity contribution is 7.92. The molecule has 1 saturated heterocycles. The van der Waals surface area contributed by atoms with Crippen LogP contribution in [0.1, 0.15) is 30.6 Å². The smallest absolute Gasteiger partial charge is 0.264 e. The topological polar surface area (TPSA) is 91.8 Å². The maximum atomic E-state index is 13.6. The minimum absolute atomic E-state index is 0.0964. The van der Waals surface area contributed by atoms with Crippen molar-refractivity contribution in [1.82, 2.24) is 9.88 Å². The van der Waals surface area contributed by atoms with E-state index in [2.05, 4.69) is 21.3 Å². The van der Waals surface area contributed by atoms with Crippen molar-refractivity contribution in [2.45, 2.75) is 31.2 Å². The lowest BCUT2D eigenvalue weighted by atomic mass is 9.93. The number of hydrogen-bond donors (Lipinski definition) is 1. The van der Waals surface area contributed by atoms with E-state index in [-0.39, 0.29) is 16.8 Å². The maximum Gasteiger partial charge on any atom is 0.264 e. The van der Waals surface area contributed by atoms with Gasteiger partial charge in [-0.25, -0.2) is 13.4 Å². The molecule has 0 radical (unpaired) electrons. The van der Waals surface area contributed by atoms with Gasteiger partial charge >= 0.3 is 0 Å². The first-order valence-electron chi connectivity index (χ1n) is 11.6. The van der Waals surface area contributed by atoms with Crippen LogP contribution in [0.3, 0.4) is 0 Å². The summed E-state index contributed by atoms with van der Waals surface area (Å²) < 4.78 is 34.3. The number of benzene rings is 2. The van der Waals surface area contributed by atoms with Gasteiger partial charge in [-0.3, -0.25) is 14.0 Å². The Kier molecular flexibility index (Phi) is 6.63. The molecule has 1 N–H and O–H groups in total. The van der Waals surface area contributed by atoms with Gasteiger partial charge in [-0.05, 0) is 48.7 Å². The van der Waals surface area contributed by atoms with E-state index >= 15 is 0 Å². The molecule has 1 fully saturated rings. The molecule has 1 amide bonds. The minimum atomic E-state index is -3.69. The van der Waals surface area contributed by atoms with E-state index in [0.29, 0.717) is 37.0 Å². The molecule has 0 bridgehead atoms. The first-order valence-corrected chi connectivity index (χ1v) is 13.9. The third kappa shape index (κ3) is 4.71. The average molecular weight is 513 g/mol. The second-order valence-corrected chi connectivity index (χ2v) is 11.6. The number of aryl methyl sites for hydroxylation is 1. The van der Waals surface area contributed by atoms with Crippen LogP contribution in [-0.2, 0) is 19.6 Å². The van der Waals surface area contributed by atoms with Gasteiger partial charge < -0.3 is 10.1 Å². The van der Waals surface area contributed by atoms with Crippen molar-refractivity contribution in [2.24, 2.45) is 0 Å². The van der Waals surface area contributed by atoms with E-state index in [1.807, 2.05) is 25.1 Å². The van der Waals surface area contributed by atoms with Gasteiger partial charge in [0.25, 0.3) is 10.0 Å². The Morgan fingerprint density at radius 3 is 2.57 bits per heavy atom. The van der Waals surface area contributed by atoms with E-state index in [0.717, 1.165) is 34.8 Å². The van der Waals surface area contributed by atoms with Gasteiger partial charge in [0.15, 0.2) is 5.13 Å². The molecule has 3 heterocycles. The molecule has 2 aliphatic rings. The van der Waals surface area contributed by atoms with Gasteiger partial charge in [0, 0.05) is 32.6 Å². The van der Waals surface area contributed by atoms with Gasteiger partial charge in [0.05, 0.1) is 34.4 Å². The highest BCUT2D eigenvalue weighted by atomic mass is 32.2. The molecule has 1 atom stereocenters. The molecule has 10 heteroatoms. The van der Waals surface area contributed by atoms with E-state index in [1.54, 1.807) is 28.6 Å². The summed E-state index contributed by atoms with van der Waals surface area (Å²) in [5.41, 5.74) is 3.49. The number of thiazole rings is 1. The predicted octanol–water partition coefficient (Wildman–Crippen LogP) is 4.05. The number of carbonyl (C=O) groups excluding carboxylic acids is 1. The van der Waals surface area contributed by atoms with Gasteiger partial charge in [0.1, 0.15) is 0 Å². The number of ether oxygens (including phenoxy) is 1. The van der Waals surface area contributed by atoms with Crippen LogP contribution >= 0.6 is 11.3 Å². The number of anilines is 2. The molecule has 184 valence electrons. The summed E-state index contributed by atoms with van der Waals surface area (Å²) in [7, 11) is -3.69. The summed E-state index contributed by atoms with van der Waals surface area (Å²) in [4.78, 5) is 19.6. The third-order valence-corrected chi connectivity index (χ3v) is 9.37. The SMILES string of the molecule is CC(=O)Nc1nc(C)c(-c2ccc3c(c2)C(N2CCOCC2)CCN3S(=O)(=O)c2ccccc2)s1. The summed E-state index contributed by atoms with van der Waals surface area (Å²) in [5, 5.41) is 3.32. The van der Waals surface area contributed by atoms with Crippen LogP contribution in [0.25, 0.3) is 10.4 Å². The van der Waals surface area contributed by atoms with Crippen LogP contribution in [0.4, 0.5) is 10.8 Å². The van der Waals surface area contributed by atoms with E-state index in [9.17, 15) is 13.2 Å². The standard InChI is InChI=1S/C25H28N4O4S2/c1-17-24(34-25(26-17)27-18(2)30)19-8-9-23-21(16-19)22(28-12-14-33-15-13-28)10-11-29(23)35(31,32)20-6-4-3-5-7-20/h3-9,16,22H,10-15H2,1-2H3,(H,26,27,30). The predicted molar refractivity (Wildman–Crippen MR) is 137 cm³/mol. The number of nitrogens with zero attached hydrogens (tertiary/aromatic N) is 3. The van der Waals surface area contributed by atoms with Crippen LogP contribution in [0.15, 0.2) is 53.4 Å².